The number of benzene rings is 3. The molecule has 2 amide bonds. The summed E-state index contributed by atoms with van der Waals surface area (Å²) in [6, 6.07) is 21.1. The van der Waals surface area contributed by atoms with Crippen LogP contribution in [0.1, 0.15) is 27.0 Å². The van der Waals surface area contributed by atoms with Crippen molar-refractivity contribution in [2.24, 2.45) is 0 Å². The van der Waals surface area contributed by atoms with E-state index in [1.54, 1.807) is 12.1 Å². The first-order valence-corrected chi connectivity index (χ1v) is 9.60. The number of anilines is 1. The normalized spacial score (nSPS) is 12.5. The van der Waals surface area contributed by atoms with Crippen LogP contribution in [0, 0.1) is 5.82 Å². The fraction of sp³-hybridized carbons (Fsp3) is 0.167. The molecule has 5 heteroatoms. The van der Waals surface area contributed by atoms with Crippen LogP contribution in [0.15, 0.2) is 72.8 Å². The van der Waals surface area contributed by atoms with E-state index in [-0.39, 0.29) is 24.1 Å². The van der Waals surface area contributed by atoms with Gasteiger partial charge in [0.05, 0.1) is 6.42 Å². The van der Waals surface area contributed by atoms with E-state index < -0.39 is 0 Å². The number of amides is 2. The second kappa shape index (κ2) is 8.27. The summed E-state index contributed by atoms with van der Waals surface area (Å²) >= 11 is 0. The maximum Gasteiger partial charge on any atom is 0.258 e. The lowest BCUT2D eigenvalue weighted by molar-refractivity contribution is -0.120. The third-order valence-corrected chi connectivity index (χ3v) is 5.07. The minimum atomic E-state index is -0.313. The van der Waals surface area contributed by atoms with Gasteiger partial charge in [-0.2, -0.15) is 0 Å². The molecule has 0 radical (unpaired) electrons. The van der Waals surface area contributed by atoms with Crippen LogP contribution >= 0.6 is 0 Å². The number of halogens is 1. The minimum absolute atomic E-state index is 0.00435. The molecule has 0 fully saturated rings. The third kappa shape index (κ3) is 4.35. The first-order valence-electron chi connectivity index (χ1n) is 9.60. The molecule has 146 valence electrons. The monoisotopic (exact) mass is 388 g/mol. The molecule has 0 spiro atoms. The van der Waals surface area contributed by atoms with Gasteiger partial charge in [0.1, 0.15) is 5.82 Å². The highest BCUT2D eigenvalue weighted by Crippen LogP contribution is 2.30. The van der Waals surface area contributed by atoms with E-state index in [1.165, 1.54) is 12.1 Å². The third-order valence-electron chi connectivity index (χ3n) is 5.07. The van der Waals surface area contributed by atoms with Crippen LogP contribution in [0.25, 0.3) is 0 Å². The van der Waals surface area contributed by atoms with Gasteiger partial charge in [0.15, 0.2) is 0 Å². The second-order valence-corrected chi connectivity index (χ2v) is 7.12. The maximum absolute atomic E-state index is 13.0. The topological polar surface area (TPSA) is 49.4 Å². The van der Waals surface area contributed by atoms with Crippen molar-refractivity contribution in [3.8, 4) is 0 Å². The van der Waals surface area contributed by atoms with Crippen molar-refractivity contribution in [3.05, 3.63) is 101 Å². The zero-order valence-corrected chi connectivity index (χ0v) is 15.9. The molecule has 29 heavy (non-hydrogen) atoms. The smallest absolute Gasteiger partial charge is 0.258 e. The summed E-state index contributed by atoms with van der Waals surface area (Å²) in [7, 11) is 0. The van der Waals surface area contributed by atoms with Crippen LogP contribution in [0.3, 0.4) is 0 Å². The van der Waals surface area contributed by atoms with E-state index in [0.717, 1.165) is 28.8 Å². The molecule has 0 bridgehead atoms. The van der Waals surface area contributed by atoms with Gasteiger partial charge in [-0.25, -0.2) is 4.39 Å². The molecule has 0 unspecified atom stereocenters. The number of fused-ring (bicyclic) bond motifs is 1. The Morgan fingerprint density at radius 1 is 0.931 bits per heavy atom. The zero-order valence-electron chi connectivity index (χ0n) is 15.9. The van der Waals surface area contributed by atoms with Crippen LogP contribution in [0.2, 0.25) is 0 Å². The minimum Gasteiger partial charge on any atom is -0.352 e. The van der Waals surface area contributed by atoms with Gasteiger partial charge in [-0.3, -0.25) is 9.59 Å². The second-order valence-electron chi connectivity index (χ2n) is 7.12. The Labute approximate surface area is 169 Å². The molecule has 3 aromatic rings. The van der Waals surface area contributed by atoms with E-state index in [9.17, 15) is 14.0 Å². The molecule has 0 aliphatic carbocycles. The number of hydrogen-bond acceptors (Lipinski definition) is 2. The highest BCUT2D eigenvalue weighted by molar-refractivity contribution is 6.07. The van der Waals surface area contributed by atoms with Gasteiger partial charge in [0.25, 0.3) is 5.91 Å². The quantitative estimate of drug-likeness (QED) is 0.721. The lowest BCUT2D eigenvalue weighted by atomic mass is 10.1. The van der Waals surface area contributed by atoms with Crippen LogP contribution in [-0.2, 0) is 24.2 Å². The summed E-state index contributed by atoms with van der Waals surface area (Å²) in [5.74, 6) is -0.422. The predicted molar refractivity (Wildman–Crippen MR) is 110 cm³/mol. The summed E-state index contributed by atoms with van der Waals surface area (Å²) < 4.78 is 13.0. The standard InChI is InChI=1S/C24H21FN2O2/c25-21-9-6-17(7-10-21)15-23(28)26-16-18-8-11-22-20(14-18)12-13-27(22)24(29)19-4-2-1-3-5-19/h1-11,14H,12-13,15-16H2,(H,26,28). The lowest BCUT2D eigenvalue weighted by Crippen LogP contribution is -2.28. The summed E-state index contributed by atoms with van der Waals surface area (Å²) in [6.45, 7) is 1.07. The Balaban J connectivity index is 1.38. The lowest BCUT2D eigenvalue weighted by Gasteiger charge is -2.17. The van der Waals surface area contributed by atoms with Gasteiger partial charge in [-0.1, -0.05) is 42.5 Å². The summed E-state index contributed by atoms with van der Waals surface area (Å²) in [4.78, 5) is 26.7. The van der Waals surface area contributed by atoms with Crippen molar-refractivity contribution in [1.82, 2.24) is 5.32 Å². The maximum atomic E-state index is 13.0. The van der Waals surface area contributed by atoms with Gasteiger partial charge in [0.2, 0.25) is 5.91 Å². The molecule has 4 nitrogen and oxygen atoms in total. The molecule has 1 heterocycles. The Morgan fingerprint density at radius 2 is 1.66 bits per heavy atom. The number of nitrogens with one attached hydrogen (secondary N) is 1. The van der Waals surface area contributed by atoms with Gasteiger partial charge < -0.3 is 10.2 Å². The van der Waals surface area contributed by atoms with Gasteiger partial charge in [-0.15, -0.1) is 0 Å². The summed E-state index contributed by atoms with van der Waals surface area (Å²) in [6.07, 6.45) is 1.01. The molecule has 3 aromatic carbocycles. The number of carbonyl (C=O) groups excluding carboxylic acids is 2. The highest BCUT2D eigenvalue weighted by Gasteiger charge is 2.25. The predicted octanol–water partition coefficient (Wildman–Crippen LogP) is 3.89. The average molecular weight is 388 g/mol. The molecule has 1 N–H and O–H groups in total. The van der Waals surface area contributed by atoms with Gasteiger partial charge >= 0.3 is 0 Å². The fourth-order valence-corrected chi connectivity index (χ4v) is 3.56. The molecular weight excluding hydrogens is 367 g/mol. The van der Waals surface area contributed by atoms with Gasteiger partial charge in [0, 0.05) is 24.3 Å². The number of rotatable bonds is 5. The fourth-order valence-electron chi connectivity index (χ4n) is 3.56. The molecule has 4 rings (SSSR count). The summed E-state index contributed by atoms with van der Waals surface area (Å²) in [5, 5.41) is 2.90. The van der Waals surface area contributed by atoms with E-state index in [1.807, 2.05) is 53.4 Å². The molecular formula is C24H21FN2O2. The molecule has 0 aromatic heterocycles. The number of carbonyl (C=O) groups is 2. The zero-order chi connectivity index (χ0) is 20.2. The average Bonchev–Trinajstić information content (AvgIpc) is 3.17. The molecule has 1 aliphatic heterocycles. The van der Waals surface area contributed by atoms with E-state index in [0.29, 0.717) is 18.7 Å². The van der Waals surface area contributed by atoms with Crippen LogP contribution in [-0.4, -0.2) is 18.4 Å². The Hall–Kier alpha value is -3.47. The van der Waals surface area contributed by atoms with E-state index >= 15 is 0 Å². The van der Waals surface area contributed by atoms with Crippen LogP contribution in [0.5, 0.6) is 0 Å². The first kappa shape index (κ1) is 18.9. The SMILES string of the molecule is O=C(Cc1ccc(F)cc1)NCc1ccc2c(c1)CCN2C(=O)c1ccccc1. The summed E-state index contributed by atoms with van der Waals surface area (Å²) in [5.41, 5.74) is 4.48. The highest BCUT2D eigenvalue weighted by atomic mass is 19.1. The van der Waals surface area contributed by atoms with Crippen molar-refractivity contribution < 1.29 is 14.0 Å². The Bertz CT molecular complexity index is 1030. The first-order chi connectivity index (χ1) is 14.1. The van der Waals surface area contributed by atoms with Gasteiger partial charge in [-0.05, 0) is 53.4 Å². The molecule has 0 saturated heterocycles. The van der Waals surface area contributed by atoms with Crippen LogP contribution < -0.4 is 10.2 Å². The molecule has 0 saturated carbocycles. The van der Waals surface area contributed by atoms with Crippen molar-refractivity contribution in [3.63, 3.8) is 0 Å². The van der Waals surface area contributed by atoms with Crippen molar-refractivity contribution in [2.45, 2.75) is 19.4 Å². The van der Waals surface area contributed by atoms with Crippen molar-refractivity contribution in [2.75, 3.05) is 11.4 Å². The molecule has 1 aliphatic rings. The van der Waals surface area contributed by atoms with Crippen LogP contribution in [0.4, 0.5) is 10.1 Å². The van der Waals surface area contributed by atoms with Crippen molar-refractivity contribution >= 4 is 17.5 Å². The van der Waals surface area contributed by atoms with E-state index in [4.69, 9.17) is 0 Å². The Morgan fingerprint density at radius 3 is 2.41 bits per heavy atom. The Kier molecular flexibility index (Phi) is 5.38. The number of nitrogens with zero attached hydrogens (tertiary/aromatic N) is 1. The largest absolute Gasteiger partial charge is 0.352 e. The number of hydrogen-bond donors (Lipinski definition) is 1. The van der Waals surface area contributed by atoms with Crippen molar-refractivity contribution in [1.29, 1.82) is 0 Å². The molecule has 0 atom stereocenters. The van der Waals surface area contributed by atoms with E-state index in [2.05, 4.69) is 5.32 Å².